The average Bonchev–Trinajstić information content (AvgIpc) is 2.83. The first-order valence-electron chi connectivity index (χ1n) is 10.8. The predicted molar refractivity (Wildman–Crippen MR) is 133 cm³/mol. The van der Waals surface area contributed by atoms with Gasteiger partial charge in [0.15, 0.2) is 6.61 Å². The van der Waals surface area contributed by atoms with Crippen molar-refractivity contribution < 1.29 is 24.1 Å². The van der Waals surface area contributed by atoms with E-state index in [9.17, 15) is 4.79 Å². The summed E-state index contributed by atoms with van der Waals surface area (Å²) in [6, 6.07) is 23.7. The Kier molecular flexibility index (Phi) is 9.27. The van der Waals surface area contributed by atoms with Crippen LogP contribution in [0.4, 0.5) is 0 Å². The number of hydrogen-bond acceptors (Lipinski definition) is 5. The van der Waals surface area contributed by atoms with Crippen LogP contribution in [0.3, 0.4) is 0 Å². The fraction of sp³-hybridized carbons (Fsp3) is 0.222. The molecule has 0 radical (unpaired) electrons. The summed E-state index contributed by atoms with van der Waals surface area (Å²) in [6.07, 6.45) is 2.21. The number of rotatable bonds is 12. The van der Waals surface area contributed by atoms with Gasteiger partial charge < -0.3 is 19.3 Å². The lowest BCUT2D eigenvalue weighted by Gasteiger charge is -2.12. The van der Waals surface area contributed by atoms with Gasteiger partial charge >= 0.3 is 5.97 Å². The maximum atomic E-state index is 10.6. The van der Waals surface area contributed by atoms with Crippen molar-refractivity contribution in [3.8, 4) is 17.2 Å². The van der Waals surface area contributed by atoms with Gasteiger partial charge in [0.25, 0.3) is 0 Å². The molecular formula is C27H28O5S. The molecule has 6 heteroatoms. The van der Waals surface area contributed by atoms with E-state index in [4.69, 9.17) is 19.3 Å². The summed E-state index contributed by atoms with van der Waals surface area (Å²) in [4.78, 5) is 11.7. The van der Waals surface area contributed by atoms with E-state index in [1.54, 1.807) is 23.9 Å². The molecule has 172 valence electrons. The van der Waals surface area contributed by atoms with E-state index in [0.29, 0.717) is 19.0 Å². The van der Waals surface area contributed by atoms with Crippen molar-refractivity contribution in [3.63, 3.8) is 0 Å². The number of ether oxygens (including phenoxy) is 3. The molecule has 0 aromatic heterocycles. The molecule has 0 unspecified atom stereocenters. The molecule has 0 amide bonds. The summed E-state index contributed by atoms with van der Waals surface area (Å²) in [5, 5.41) is 8.72. The summed E-state index contributed by atoms with van der Waals surface area (Å²) < 4.78 is 16.4. The third-order valence-corrected chi connectivity index (χ3v) is 5.61. The minimum Gasteiger partial charge on any atom is -0.494 e. The quantitative estimate of drug-likeness (QED) is 0.323. The van der Waals surface area contributed by atoms with E-state index < -0.39 is 5.97 Å². The predicted octanol–water partition coefficient (Wildman–Crippen LogP) is 6.17. The summed E-state index contributed by atoms with van der Waals surface area (Å²) in [7, 11) is 0. The van der Waals surface area contributed by atoms with Crippen LogP contribution in [0.1, 0.15) is 25.0 Å². The second-order valence-corrected chi connectivity index (χ2v) is 8.09. The Balaban J connectivity index is 1.76. The second-order valence-electron chi connectivity index (χ2n) is 7.00. The molecule has 0 bridgehead atoms. The zero-order chi connectivity index (χ0) is 23.5. The molecule has 0 spiro atoms. The first-order chi connectivity index (χ1) is 16.1. The minimum absolute atomic E-state index is 0.344. The minimum atomic E-state index is -0.991. The molecule has 1 N–H and O–H groups in total. The van der Waals surface area contributed by atoms with Gasteiger partial charge in [0.05, 0.1) is 13.2 Å². The molecule has 0 aliphatic rings. The number of carbonyl (C=O) groups is 1. The highest BCUT2D eigenvalue weighted by molar-refractivity contribution is 7.99. The van der Waals surface area contributed by atoms with Crippen LogP contribution in [0, 0.1) is 0 Å². The van der Waals surface area contributed by atoms with Crippen LogP contribution in [-0.2, 0) is 4.79 Å². The maximum Gasteiger partial charge on any atom is 0.341 e. The first-order valence-corrected chi connectivity index (χ1v) is 11.8. The molecule has 5 nitrogen and oxygen atoms in total. The van der Waals surface area contributed by atoms with Gasteiger partial charge in [-0.3, -0.25) is 0 Å². The highest BCUT2D eigenvalue weighted by Gasteiger charge is 2.07. The normalized spacial score (nSPS) is 10.4. The summed E-state index contributed by atoms with van der Waals surface area (Å²) in [6.45, 7) is 4.88. The number of benzene rings is 3. The molecule has 0 aliphatic carbocycles. The molecule has 3 aromatic carbocycles. The molecule has 0 saturated carbocycles. The summed E-state index contributed by atoms with van der Waals surface area (Å²) in [5.74, 6) is 2.03. The maximum absolute atomic E-state index is 10.6. The Hall–Kier alpha value is -3.38. The standard InChI is InChI=1S/C27H28O5S/c1-3-30-22-9-5-20(6-10-22)26(21-7-11-23(12-8-21)31-4-2)17-18-33-25-15-13-24(14-16-25)32-19-27(28)29/h5-17H,3-4,18-19H2,1-2H3,(H,28,29). The Morgan fingerprint density at radius 2 is 1.21 bits per heavy atom. The van der Waals surface area contributed by atoms with Gasteiger partial charge in [0.1, 0.15) is 17.2 Å². The van der Waals surface area contributed by atoms with Gasteiger partial charge in [-0.15, -0.1) is 11.8 Å². The zero-order valence-electron chi connectivity index (χ0n) is 18.8. The number of hydrogen-bond donors (Lipinski definition) is 1. The van der Waals surface area contributed by atoms with E-state index in [-0.39, 0.29) is 6.61 Å². The first kappa shape index (κ1) is 24.3. The van der Waals surface area contributed by atoms with Crippen molar-refractivity contribution in [3.05, 3.63) is 90.0 Å². The SMILES string of the molecule is CCOc1ccc(C(=CCSc2ccc(OCC(=O)O)cc2)c2ccc(OCC)cc2)cc1. The number of carboxylic acids is 1. The van der Waals surface area contributed by atoms with E-state index >= 15 is 0 Å². The molecule has 0 fully saturated rings. The van der Waals surface area contributed by atoms with Gasteiger partial charge in [-0.05, 0) is 79.1 Å². The molecule has 0 heterocycles. The smallest absolute Gasteiger partial charge is 0.341 e. The van der Waals surface area contributed by atoms with E-state index in [1.165, 1.54) is 0 Å². The molecule has 3 rings (SSSR count). The lowest BCUT2D eigenvalue weighted by atomic mass is 9.97. The van der Waals surface area contributed by atoms with Crippen LogP contribution in [0.15, 0.2) is 83.8 Å². The van der Waals surface area contributed by atoms with Crippen LogP contribution in [0.2, 0.25) is 0 Å². The third kappa shape index (κ3) is 7.61. The van der Waals surface area contributed by atoms with Gasteiger partial charge in [-0.25, -0.2) is 4.79 Å². The van der Waals surface area contributed by atoms with Crippen molar-refractivity contribution in [1.82, 2.24) is 0 Å². The van der Waals surface area contributed by atoms with Crippen LogP contribution >= 0.6 is 11.8 Å². The Bertz CT molecular complexity index is 990. The molecular weight excluding hydrogens is 436 g/mol. The Morgan fingerprint density at radius 3 is 1.67 bits per heavy atom. The van der Waals surface area contributed by atoms with Crippen LogP contribution < -0.4 is 14.2 Å². The van der Waals surface area contributed by atoms with Crippen molar-refractivity contribution in [2.45, 2.75) is 18.7 Å². The summed E-state index contributed by atoms with van der Waals surface area (Å²) in [5.41, 5.74) is 3.36. The van der Waals surface area contributed by atoms with Crippen LogP contribution in [0.5, 0.6) is 17.2 Å². The van der Waals surface area contributed by atoms with Crippen molar-refractivity contribution in [2.24, 2.45) is 0 Å². The Morgan fingerprint density at radius 1 is 0.758 bits per heavy atom. The van der Waals surface area contributed by atoms with Crippen molar-refractivity contribution in [1.29, 1.82) is 0 Å². The van der Waals surface area contributed by atoms with E-state index in [1.807, 2.05) is 50.2 Å². The van der Waals surface area contributed by atoms with E-state index in [2.05, 4.69) is 30.3 Å². The third-order valence-electron chi connectivity index (χ3n) is 4.68. The van der Waals surface area contributed by atoms with E-state index in [0.717, 1.165) is 38.8 Å². The number of thioether (sulfide) groups is 1. The van der Waals surface area contributed by atoms with Crippen LogP contribution in [-0.4, -0.2) is 36.6 Å². The lowest BCUT2D eigenvalue weighted by Crippen LogP contribution is -2.09. The molecule has 0 aliphatic heterocycles. The molecule has 33 heavy (non-hydrogen) atoms. The topological polar surface area (TPSA) is 65.0 Å². The molecule has 0 saturated heterocycles. The van der Waals surface area contributed by atoms with Crippen molar-refractivity contribution >= 4 is 23.3 Å². The molecule has 3 aromatic rings. The van der Waals surface area contributed by atoms with Crippen LogP contribution in [0.25, 0.3) is 5.57 Å². The number of aliphatic carboxylic acids is 1. The van der Waals surface area contributed by atoms with Gasteiger partial charge in [0, 0.05) is 10.6 Å². The van der Waals surface area contributed by atoms with Gasteiger partial charge in [-0.1, -0.05) is 30.3 Å². The van der Waals surface area contributed by atoms with Gasteiger partial charge in [0.2, 0.25) is 0 Å². The lowest BCUT2D eigenvalue weighted by molar-refractivity contribution is -0.139. The van der Waals surface area contributed by atoms with Crippen molar-refractivity contribution in [2.75, 3.05) is 25.6 Å². The largest absolute Gasteiger partial charge is 0.494 e. The second kappa shape index (κ2) is 12.6. The van der Waals surface area contributed by atoms with Gasteiger partial charge in [-0.2, -0.15) is 0 Å². The average molecular weight is 465 g/mol. The monoisotopic (exact) mass is 464 g/mol. The highest BCUT2D eigenvalue weighted by atomic mass is 32.2. The molecule has 0 atom stereocenters. The zero-order valence-corrected chi connectivity index (χ0v) is 19.6. The fourth-order valence-electron chi connectivity index (χ4n) is 3.20. The number of carboxylic acid groups (broad SMARTS) is 1. The summed E-state index contributed by atoms with van der Waals surface area (Å²) >= 11 is 1.70. The Labute approximate surface area is 199 Å². The highest BCUT2D eigenvalue weighted by Crippen LogP contribution is 2.29. The fourth-order valence-corrected chi connectivity index (χ4v) is 3.97.